The minimum atomic E-state index is -2.47. The van der Waals surface area contributed by atoms with E-state index in [0.717, 1.165) is 0 Å². The Morgan fingerprint density at radius 3 is 2.57 bits per heavy atom. The Labute approximate surface area is 89.8 Å². The van der Waals surface area contributed by atoms with E-state index >= 15 is 0 Å². The van der Waals surface area contributed by atoms with Crippen molar-refractivity contribution in [3.8, 4) is 0 Å². The van der Waals surface area contributed by atoms with E-state index in [0.29, 0.717) is 16.6 Å². The van der Waals surface area contributed by atoms with E-state index in [2.05, 4.69) is 15.9 Å². The van der Waals surface area contributed by atoms with Gasteiger partial charge in [-0.2, -0.15) is 0 Å². The summed E-state index contributed by atoms with van der Waals surface area (Å²) in [5.74, 6) is 5.53. The van der Waals surface area contributed by atoms with Gasteiger partial charge in [0.05, 0.1) is 5.69 Å². The van der Waals surface area contributed by atoms with Gasteiger partial charge in [-0.25, -0.2) is 14.6 Å². The number of nitrogens with two attached hydrogens (primary N) is 1. The fraction of sp³-hybridized carbons (Fsp3) is 0.333. The Balaban J connectivity index is 3.25. The van der Waals surface area contributed by atoms with Gasteiger partial charge in [-0.1, -0.05) is 28.1 Å². The maximum absolute atomic E-state index is 12.6. The van der Waals surface area contributed by atoms with Gasteiger partial charge in [0.2, 0.25) is 0 Å². The Morgan fingerprint density at radius 2 is 2.14 bits per heavy atom. The first kappa shape index (κ1) is 11.4. The normalized spacial score (nSPS) is 10.7. The first-order chi connectivity index (χ1) is 6.57. The quantitative estimate of drug-likeness (QED) is 0.517. The molecule has 5 heteroatoms. The second-order valence-electron chi connectivity index (χ2n) is 2.89. The lowest BCUT2D eigenvalue weighted by Gasteiger charge is -2.18. The molecule has 1 rings (SSSR count). The third-order valence-electron chi connectivity index (χ3n) is 1.94. The first-order valence-corrected chi connectivity index (χ1v) is 5.14. The summed E-state index contributed by atoms with van der Waals surface area (Å²) in [4.78, 5) is 0. The van der Waals surface area contributed by atoms with Crippen LogP contribution in [-0.2, 0) is 5.33 Å². The third-order valence-corrected chi connectivity index (χ3v) is 2.50. The van der Waals surface area contributed by atoms with Crippen LogP contribution in [-0.4, -0.2) is 7.05 Å². The second kappa shape index (κ2) is 4.70. The van der Waals surface area contributed by atoms with Crippen molar-refractivity contribution in [2.45, 2.75) is 11.8 Å². The van der Waals surface area contributed by atoms with E-state index in [1.54, 1.807) is 19.2 Å². The first-order valence-electron chi connectivity index (χ1n) is 4.02. The van der Waals surface area contributed by atoms with Gasteiger partial charge in [-0.3, -0.25) is 0 Å². The largest absolute Gasteiger partial charge is 0.314 e. The zero-order valence-electron chi connectivity index (χ0n) is 7.67. The molecule has 0 fully saturated rings. The van der Waals surface area contributed by atoms with Gasteiger partial charge in [0, 0.05) is 17.9 Å². The number of hydrogen-bond acceptors (Lipinski definition) is 2. The zero-order chi connectivity index (χ0) is 10.7. The van der Waals surface area contributed by atoms with Gasteiger partial charge in [0.25, 0.3) is 6.43 Å². The molecule has 0 aliphatic carbocycles. The number of anilines is 1. The van der Waals surface area contributed by atoms with Crippen LogP contribution in [0, 0.1) is 0 Å². The van der Waals surface area contributed by atoms with Crippen LogP contribution < -0.4 is 10.9 Å². The molecule has 2 nitrogen and oxygen atoms in total. The van der Waals surface area contributed by atoms with E-state index in [-0.39, 0.29) is 5.56 Å². The topological polar surface area (TPSA) is 29.3 Å². The summed E-state index contributed by atoms with van der Waals surface area (Å²) in [6.45, 7) is 0. The average Bonchev–Trinajstić information content (AvgIpc) is 2.16. The van der Waals surface area contributed by atoms with Crippen LogP contribution in [0.2, 0.25) is 0 Å². The molecule has 1 aromatic carbocycles. The number of rotatable bonds is 3. The summed E-state index contributed by atoms with van der Waals surface area (Å²) in [6.07, 6.45) is -2.47. The van der Waals surface area contributed by atoms with Crippen LogP contribution in [0.25, 0.3) is 0 Å². The Morgan fingerprint density at radius 1 is 1.50 bits per heavy atom. The van der Waals surface area contributed by atoms with Crippen LogP contribution in [0.3, 0.4) is 0 Å². The van der Waals surface area contributed by atoms with Gasteiger partial charge < -0.3 is 5.01 Å². The molecule has 1 aromatic rings. The van der Waals surface area contributed by atoms with Gasteiger partial charge >= 0.3 is 0 Å². The molecular formula is C9H11BrF2N2. The summed E-state index contributed by atoms with van der Waals surface area (Å²) in [6, 6.07) is 4.70. The molecular weight excluding hydrogens is 254 g/mol. The molecule has 0 saturated heterocycles. The highest BCUT2D eigenvalue weighted by molar-refractivity contribution is 9.08. The Bertz CT molecular complexity index is 289. The Hall–Kier alpha value is -0.680. The molecule has 0 saturated carbocycles. The van der Waals surface area contributed by atoms with Gasteiger partial charge in [0.1, 0.15) is 0 Å². The molecule has 2 N–H and O–H groups in total. The highest BCUT2D eigenvalue weighted by Crippen LogP contribution is 2.30. The van der Waals surface area contributed by atoms with E-state index in [1.807, 2.05) is 0 Å². The summed E-state index contributed by atoms with van der Waals surface area (Å²) < 4.78 is 25.2. The van der Waals surface area contributed by atoms with Crippen molar-refractivity contribution in [2.24, 2.45) is 5.84 Å². The molecule has 0 aliphatic rings. The zero-order valence-corrected chi connectivity index (χ0v) is 9.26. The second-order valence-corrected chi connectivity index (χ2v) is 3.45. The standard InChI is InChI=1S/C9H11BrF2N2/c1-14(13)8-4-2-3-6(9(11)12)7(8)5-10/h2-4,9H,5,13H2,1H3. The van der Waals surface area contributed by atoms with Crippen molar-refractivity contribution >= 4 is 21.6 Å². The summed E-state index contributed by atoms with van der Waals surface area (Å²) in [7, 11) is 1.62. The van der Waals surface area contributed by atoms with Crippen LogP contribution >= 0.6 is 15.9 Å². The third kappa shape index (κ3) is 2.22. The summed E-state index contributed by atoms with van der Waals surface area (Å²) in [5.41, 5.74) is 1.17. The number of halogens is 3. The highest BCUT2D eigenvalue weighted by Gasteiger charge is 2.15. The van der Waals surface area contributed by atoms with E-state index < -0.39 is 6.43 Å². The molecule has 78 valence electrons. The molecule has 0 amide bonds. The fourth-order valence-electron chi connectivity index (χ4n) is 1.27. The maximum Gasteiger partial charge on any atom is 0.264 e. The maximum atomic E-state index is 12.6. The predicted molar refractivity (Wildman–Crippen MR) is 56.6 cm³/mol. The number of hydrogen-bond donors (Lipinski definition) is 1. The van der Waals surface area contributed by atoms with Crippen LogP contribution in [0.5, 0.6) is 0 Å². The number of alkyl halides is 3. The van der Waals surface area contributed by atoms with Gasteiger partial charge in [-0.05, 0) is 11.6 Å². The molecule has 0 heterocycles. The predicted octanol–water partition coefficient (Wildman–Crippen LogP) is 2.83. The van der Waals surface area contributed by atoms with Gasteiger partial charge in [-0.15, -0.1) is 0 Å². The van der Waals surface area contributed by atoms with Crippen LogP contribution in [0.1, 0.15) is 17.6 Å². The summed E-state index contributed by atoms with van der Waals surface area (Å²) in [5, 5.41) is 1.70. The minimum Gasteiger partial charge on any atom is -0.314 e. The lowest BCUT2D eigenvalue weighted by atomic mass is 10.1. The average molecular weight is 265 g/mol. The van der Waals surface area contributed by atoms with Gasteiger partial charge in [0.15, 0.2) is 0 Å². The Kier molecular flexibility index (Phi) is 3.83. The highest BCUT2D eigenvalue weighted by atomic mass is 79.9. The fourth-order valence-corrected chi connectivity index (χ4v) is 1.88. The van der Waals surface area contributed by atoms with E-state index in [9.17, 15) is 8.78 Å². The lowest BCUT2D eigenvalue weighted by Crippen LogP contribution is -2.26. The molecule has 14 heavy (non-hydrogen) atoms. The van der Waals surface area contributed by atoms with Crippen molar-refractivity contribution in [3.05, 3.63) is 29.3 Å². The molecule has 0 atom stereocenters. The molecule has 0 spiro atoms. The van der Waals surface area contributed by atoms with Crippen molar-refractivity contribution in [1.29, 1.82) is 0 Å². The molecule has 0 aromatic heterocycles. The van der Waals surface area contributed by atoms with Crippen molar-refractivity contribution in [2.75, 3.05) is 12.1 Å². The van der Waals surface area contributed by atoms with Crippen molar-refractivity contribution in [3.63, 3.8) is 0 Å². The van der Waals surface area contributed by atoms with E-state index in [1.165, 1.54) is 11.1 Å². The summed E-state index contributed by atoms with van der Waals surface area (Å²) >= 11 is 3.18. The SMILES string of the molecule is CN(N)c1cccc(C(F)F)c1CBr. The molecule has 0 radical (unpaired) electrons. The molecule has 0 aliphatic heterocycles. The van der Waals surface area contributed by atoms with Crippen LogP contribution in [0.15, 0.2) is 18.2 Å². The van der Waals surface area contributed by atoms with Crippen molar-refractivity contribution < 1.29 is 8.78 Å². The monoisotopic (exact) mass is 264 g/mol. The van der Waals surface area contributed by atoms with E-state index in [4.69, 9.17) is 5.84 Å². The van der Waals surface area contributed by atoms with Crippen LogP contribution in [0.4, 0.5) is 14.5 Å². The number of hydrazine groups is 1. The minimum absolute atomic E-state index is 0.0247. The lowest BCUT2D eigenvalue weighted by molar-refractivity contribution is 0.150. The van der Waals surface area contributed by atoms with Crippen molar-refractivity contribution in [1.82, 2.24) is 0 Å². The number of benzene rings is 1. The smallest absolute Gasteiger partial charge is 0.264 e. The molecule has 0 bridgehead atoms. The number of nitrogens with zero attached hydrogens (tertiary/aromatic N) is 1. The molecule has 0 unspecified atom stereocenters.